The van der Waals surface area contributed by atoms with Crippen molar-refractivity contribution in [3.05, 3.63) is 63.8 Å². The summed E-state index contributed by atoms with van der Waals surface area (Å²) in [5.41, 5.74) is 0.776. The third-order valence-electron chi connectivity index (χ3n) is 4.72. The van der Waals surface area contributed by atoms with Crippen molar-refractivity contribution in [3.63, 3.8) is 0 Å². The van der Waals surface area contributed by atoms with E-state index in [2.05, 4.69) is 31.2 Å². The van der Waals surface area contributed by atoms with Crippen molar-refractivity contribution in [2.24, 2.45) is 0 Å². The van der Waals surface area contributed by atoms with Gasteiger partial charge < -0.3 is 10.1 Å². The first-order valence-corrected chi connectivity index (χ1v) is 10.4. The average Bonchev–Trinajstić information content (AvgIpc) is 3.28. The number of benzene rings is 1. The molecule has 0 aliphatic carbocycles. The molecule has 4 rings (SSSR count). The molecule has 1 aromatic carbocycles. The van der Waals surface area contributed by atoms with Crippen LogP contribution in [0.1, 0.15) is 18.3 Å². The number of urea groups is 1. The van der Waals surface area contributed by atoms with Crippen molar-refractivity contribution in [2.45, 2.75) is 19.0 Å². The molecule has 148 valence electrons. The molecule has 1 atom stereocenters. The van der Waals surface area contributed by atoms with Crippen LogP contribution < -0.4 is 10.1 Å². The SMILES string of the molecule is COc1ccc(Br)cc1-c1nc(CN2C(=O)NC(C)(c3ccccn3)C2=O)cs1. The average molecular weight is 473 g/mol. The standard InChI is InChI=1S/C20H17BrN4O3S/c1-20(16-5-3-4-8-22-16)18(26)25(19(27)24-20)10-13-11-29-17(23-13)14-9-12(21)6-7-15(14)28-2/h3-9,11H,10H2,1-2H3,(H,24,27). The zero-order chi connectivity index (χ0) is 20.6. The van der Waals surface area contributed by atoms with Crippen molar-refractivity contribution in [3.8, 4) is 16.3 Å². The van der Waals surface area contributed by atoms with E-state index in [9.17, 15) is 9.59 Å². The van der Waals surface area contributed by atoms with Crippen LogP contribution in [0.3, 0.4) is 0 Å². The molecule has 0 saturated carbocycles. The van der Waals surface area contributed by atoms with E-state index in [0.717, 1.165) is 15.0 Å². The topological polar surface area (TPSA) is 84.4 Å². The lowest BCUT2D eigenvalue weighted by molar-refractivity contribution is -0.131. The molecule has 1 saturated heterocycles. The molecule has 1 fully saturated rings. The van der Waals surface area contributed by atoms with Crippen molar-refractivity contribution >= 4 is 39.2 Å². The highest BCUT2D eigenvalue weighted by Gasteiger charge is 2.50. The number of halogens is 1. The summed E-state index contributed by atoms with van der Waals surface area (Å²) in [6.07, 6.45) is 1.60. The number of carbonyl (C=O) groups is 2. The number of imide groups is 1. The molecular formula is C20H17BrN4O3S. The van der Waals surface area contributed by atoms with Gasteiger partial charge in [0.15, 0.2) is 5.54 Å². The number of nitrogens with zero attached hydrogens (tertiary/aromatic N) is 3. The van der Waals surface area contributed by atoms with Crippen LogP contribution in [0.25, 0.3) is 10.6 Å². The van der Waals surface area contributed by atoms with Gasteiger partial charge in [-0.2, -0.15) is 0 Å². The largest absolute Gasteiger partial charge is 0.496 e. The number of thiazole rings is 1. The molecule has 0 spiro atoms. The minimum Gasteiger partial charge on any atom is -0.496 e. The van der Waals surface area contributed by atoms with E-state index >= 15 is 0 Å². The van der Waals surface area contributed by atoms with Crippen LogP contribution in [0.4, 0.5) is 4.79 Å². The van der Waals surface area contributed by atoms with E-state index < -0.39 is 11.6 Å². The Bertz CT molecular complexity index is 1090. The van der Waals surface area contributed by atoms with Crippen LogP contribution in [0.5, 0.6) is 5.75 Å². The number of hydrogen-bond donors (Lipinski definition) is 1. The lowest BCUT2D eigenvalue weighted by Crippen LogP contribution is -2.41. The summed E-state index contributed by atoms with van der Waals surface area (Å²) >= 11 is 4.89. The van der Waals surface area contributed by atoms with Crippen LogP contribution in [-0.4, -0.2) is 33.9 Å². The number of nitrogens with one attached hydrogen (secondary N) is 1. The van der Waals surface area contributed by atoms with E-state index in [-0.39, 0.29) is 12.5 Å². The van der Waals surface area contributed by atoms with E-state index in [1.807, 2.05) is 23.6 Å². The molecule has 0 radical (unpaired) electrons. The number of aromatic nitrogens is 2. The zero-order valence-corrected chi connectivity index (χ0v) is 18.1. The Morgan fingerprint density at radius 3 is 2.83 bits per heavy atom. The van der Waals surface area contributed by atoms with E-state index in [0.29, 0.717) is 17.1 Å². The maximum atomic E-state index is 13.0. The summed E-state index contributed by atoms with van der Waals surface area (Å²) in [6, 6.07) is 10.5. The summed E-state index contributed by atoms with van der Waals surface area (Å²) in [7, 11) is 1.60. The van der Waals surface area contributed by atoms with Gasteiger partial charge in [-0.15, -0.1) is 11.3 Å². The van der Waals surface area contributed by atoms with Crippen LogP contribution in [-0.2, 0) is 16.9 Å². The molecule has 1 unspecified atom stereocenters. The first-order valence-electron chi connectivity index (χ1n) is 8.76. The molecule has 0 bridgehead atoms. The van der Waals surface area contributed by atoms with E-state index in [1.54, 1.807) is 38.4 Å². The molecule has 1 aliphatic heterocycles. The highest BCUT2D eigenvalue weighted by atomic mass is 79.9. The fourth-order valence-electron chi connectivity index (χ4n) is 3.19. The van der Waals surface area contributed by atoms with Crippen molar-refractivity contribution < 1.29 is 14.3 Å². The molecule has 3 aromatic rings. The Balaban J connectivity index is 1.59. The highest BCUT2D eigenvalue weighted by molar-refractivity contribution is 9.10. The Kier molecular flexibility index (Phi) is 5.10. The minimum absolute atomic E-state index is 0.0832. The molecule has 1 N–H and O–H groups in total. The van der Waals surface area contributed by atoms with Gasteiger partial charge in [-0.25, -0.2) is 9.78 Å². The monoisotopic (exact) mass is 472 g/mol. The van der Waals surface area contributed by atoms with E-state index in [1.165, 1.54) is 16.2 Å². The predicted molar refractivity (Wildman–Crippen MR) is 112 cm³/mol. The lowest BCUT2D eigenvalue weighted by Gasteiger charge is -2.20. The second-order valence-electron chi connectivity index (χ2n) is 6.65. The molecule has 3 heterocycles. The summed E-state index contributed by atoms with van der Waals surface area (Å²) in [6.45, 7) is 1.74. The smallest absolute Gasteiger partial charge is 0.325 e. The number of amides is 3. The fourth-order valence-corrected chi connectivity index (χ4v) is 4.38. The van der Waals surface area contributed by atoms with Crippen molar-refractivity contribution in [1.29, 1.82) is 0 Å². The molecule has 9 heteroatoms. The van der Waals surface area contributed by atoms with Gasteiger partial charge in [0, 0.05) is 16.0 Å². The van der Waals surface area contributed by atoms with Gasteiger partial charge in [-0.1, -0.05) is 22.0 Å². The molecule has 1 aliphatic rings. The van der Waals surface area contributed by atoms with Gasteiger partial charge in [-0.3, -0.25) is 14.7 Å². The first kappa shape index (κ1) is 19.5. The van der Waals surface area contributed by atoms with Crippen molar-refractivity contribution in [1.82, 2.24) is 20.2 Å². The first-order chi connectivity index (χ1) is 13.9. The molecule has 3 amide bonds. The maximum Gasteiger partial charge on any atom is 0.325 e. The Hall–Kier alpha value is -2.78. The number of methoxy groups -OCH3 is 1. The molecule has 2 aromatic heterocycles. The second-order valence-corrected chi connectivity index (χ2v) is 8.42. The van der Waals surface area contributed by atoms with Crippen LogP contribution in [0.15, 0.2) is 52.4 Å². The quantitative estimate of drug-likeness (QED) is 0.568. The predicted octanol–water partition coefficient (Wildman–Crippen LogP) is 3.94. The van der Waals surface area contributed by atoms with Gasteiger partial charge in [0.05, 0.1) is 30.6 Å². The Morgan fingerprint density at radius 1 is 1.28 bits per heavy atom. The summed E-state index contributed by atoms with van der Waals surface area (Å²) < 4.78 is 6.33. The highest BCUT2D eigenvalue weighted by Crippen LogP contribution is 2.35. The lowest BCUT2D eigenvalue weighted by atomic mass is 9.97. The minimum atomic E-state index is -1.19. The number of hydrogen-bond acceptors (Lipinski definition) is 6. The van der Waals surface area contributed by atoms with Crippen LogP contribution in [0.2, 0.25) is 0 Å². The Morgan fingerprint density at radius 2 is 2.10 bits per heavy atom. The van der Waals surface area contributed by atoms with Gasteiger partial charge in [0.1, 0.15) is 10.8 Å². The third-order valence-corrected chi connectivity index (χ3v) is 6.13. The van der Waals surface area contributed by atoms with Crippen LogP contribution in [0, 0.1) is 0 Å². The number of rotatable bonds is 5. The molecule has 7 nitrogen and oxygen atoms in total. The zero-order valence-electron chi connectivity index (χ0n) is 15.7. The van der Waals surface area contributed by atoms with Crippen molar-refractivity contribution in [2.75, 3.05) is 7.11 Å². The fraction of sp³-hybridized carbons (Fsp3) is 0.200. The summed E-state index contributed by atoms with van der Waals surface area (Å²) in [4.78, 5) is 35.6. The van der Waals surface area contributed by atoms with Gasteiger partial charge >= 0.3 is 6.03 Å². The number of ether oxygens (including phenoxy) is 1. The second kappa shape index (κ2) is 7.57. The third kappa shape index (κ3) is 3.51. The molecule has 29 heavy (non-hydrogen) atoms. The number of carbonyl (C=O) groups excluding carboxylic acids is 2. The Labute approximate surface area is 179 Å². The summed E-state index contributed by atoms with van der Waals surface area (Å²) in [5.74, 6) is 0.350. The maximum absolute atomic E-state index is 13.0. The molecular weight excluding hydrogens is 456 g/mol. The van der Waals surface area contributed by atoms with Gasteiger partial charge in [-0.05, 0) is 37.3 Å². The summed E-state index contributed by atoms with van der Waals surface area (Å²) in [5, 5.41) is 5.34. The van der Waals surface area contributed by atoms with Gasteiger partial charge in [0.25, 0.3) is 5.91 Å². The van der Waals surface area contributed by atoms with Crippen LogP contribution >= 0.6 is 27.3 Å². The number of pyridine rings is 1. The normalized spacial score (nSPS) is 18.8. The van der Waals surface area contributed by atoms with Gasteiger partial charge in [0.2, 0.25) is 0 Å². The van der Waals surface area contributed by atoms with E-state index in [4.69, 9.17) is 4.74 Å².